The number of carbonyl (C=O) groups excluding carboxylic acids is 1. The summed E-state index contributed by atoms with van der Waals surface area (Å²) in [5.41, 5.74) is 4.69. The molecule has 7 nitrogen and oxygen atoms in total. The summed E-state index contributed by atoms with van der Waals surface area (Å²) in [4.78, 5) is 31.1. The van der Waals surface area contributed by atoms with Crippen LogP contribution in [0.1, 0.15) is 10.4 Å². The fourth-order valence-corrected chi connectivity index (χ4v) is 4.40. The predicted molar refractivity (Wildman–Crippen MR) is 124 cm³/mol. The molecule has 0 bridgehead atoms. The fourth-order valence-electron chi connectivity index (χ4n) is 4.40. The molecule has 32 heavy (non-hydrogen) atoms. The molecule has 3 heterocycles. The Labute approximate surface area is 185 Å². The van der Waals surface area contributed by atoms with Gasteiger partial charge >= 0.3 is 6.09 Å². The normalized spacial score (nSPS) is 14.0. The third-order valence-electron chi connectivity index (χ3n) is 5.99. The van der Waals surface area contributed by atoms with Gasteiger partial charge < -0.3 is 14.9 Å². The molecule has 1 saturated heterocycles. The maximum absolute atomic E-state index is 12.2. The Hall–Kier alpha value is -4.13. The van der Waals surface area contributed by atoms with E-state index in [0.717, 1.165) is 39.8 Å². The number of anilines is 1. The maximum atomic E-state index is 12.2. The molecule has 5 rings (SSSR count). The van der Waals surface area contributed by atoms with Crippen LogP contribution in [0.25, 0.3) is 27.7 Å². The highest BCUT2D eigenvalue weighted by Crippen LogP contribution is 2.36. The number of para-hydroxylation sites is 1. The van der Waals surface area contributed by atoms with Crippen molar-refractivity contribution in [2.24, 2.45) is 0 Å². The van der Waals surface area contributed by atoms with Crippen molar-refractivity contribution in [2.75, 3.05) is 31.1 Å². The van der Waals surface area contributed by atoms with E-state index in [1.54, 1.807) is 12.4 Å². The summed E-state index contributed by atoms with van der Waals surface area (Å²) in [5, 5.41) is 10.2. The highest BCUT2D eigenvalue weighted by atomic mass is 16.4. The highest BCUT2D eigenvalue weighted by Gasteiger charge is 2.27. The van der Waals surface area contributed by atoms with Crippen LogP contribution in [0.4, 0.5) is 10.6 Å². The molecule has 1 aliphatic heterocycles. The predicted octanol–water partition coefficient (Wildman–Crippen LogP) is 4.31. The van der Waals surface area contributed by atoms with Gasteiger partial charge in [0.2, 0.25) is 0 Å². The Morgan fingerprint density at radius 1 is 0.875 bits per heavy atom. The minimum Gasteiger partial charge on any atom is -0.465 e. The molecule has 1 amide bonds. The molecule has 1 aliphatic rings. The zero-order valence-electron chi connectivity index (χ0n) is 17.4. The van der Waals surface area contributed by atoms with Crippen LogP contribution >= 0.6 is 0 Å². The minimum atomic E-state index is -0.910. The zero-order valence-corrected chi connectivity index (χ0v) is 17.4. The number of carbonyl (C=O) groups is 2. The number of carboxylic acid groups (broad SMARTS) is 1. The molecule has 0 unspecified atom stereocenters. The smallest absolute Gasteiger partial charge is 0.407 e. The van der Waals surface area contributed by atoms with Crippen molar-refractivity contribution in [3.8, 4) is 16.8 Å². The van der Waals surface area contributed by atoms with Crippen molar-refractivity contribution < 1.29 is 14.7 Å². The Kier molecular flexibility index (Phi) is 5.07. The summed E-state index contributed by atoms with van der Waals surface area (Å²) in [6.07, 6.45) is 3.54. The van der Waals surface area contributed by atoms with Crippen LogP contribution in [0.5, 0.6) is 0 Å². The number of fused-ring (bicyclic) bond motifs is 1. The summed E-state index contributed by atoms with van der Waals surface area (Å²) in [6, 6.07) is 20.0. The Morgan fingerprint density at radius 2 is 1.53 bits per heavy atom. The summed E-state index contributed by atoms with van der Waals surface area (Å²) in [7, 11) is 0. The van der Waals surface area contributed by atoms with Crippen LogP contribution in [0.2, 0.25) is 0 Å². The van der Waals surface area contributed by atoms with Gasteiger partial charge in [-0.2, -0.15) is 0 Å². The number of hydrogen-bond acceptors (Lipinski definition) is 4. The lowest BCUT2D eigenvalue weighted by atomic mass is 10.1. The number of amides is 1. The minimum absolute atomic E-state index is 0.399. The molecule has 2 aromatic heterocycles. The molecule has 1 N–H and O–H groups in total. The molecule has 160 valence electrons. The Bertz CT molecular complexity index is 1270. The first-order chi connectivity index (χ1) is 15.7. The van der Waals surface area contributed by atoms with Crippen molar-refractivity contribution in [1.82, 2.24) is 14.5 Å². The second-order valence-electron chi connectivity index (χ2n) is 7.75. The Balaban J connectivity index is 1.62. The standard InChI is InChI=1S/C25H22N4O3/c30-17-22-21-3-1-2-4-23(21)29(24(22)27-13-15-28(16-14-27)25(31)32)20-7-5-18(6-8-20)19-9-11-26-12-10-19/h1-12,17H,13-16H2,(H,31,32). The van der Waals surface area contributed by atoms with Gasteiger partial charge in [0.1, 0.15) is 5.82 Å². The topological polar surface area (TPSA) is 78.7 Å². The summed E-state index contributed by atoms with van der Waals surface area (Å²) >= 11 is 0. The number of rotatable bonds is 4. The molecule has 4 aromatic rings. The largest absolute Gasteiger partial charge is 0.465 e. The molecular formula is C25H22N4O3. The van der Waals surface area contributed by atoms with Gasteiger partial charge in [0.25, 0.3) is 0 Å². The quantitative estimate of drug-likeness (QED) is 0.492. The SMILES string of the molecule is O=Cc1c(N2CCN(C(=O)O)CC2)n(-c2ccc(-c3ccncc3)cc2)c2ccccc12. The van der Waals surface area contributed by atoms with Crippen molar-refractivity contribution >= 4 is 29.1 Å². The van der Waals surface area contributed by atoms with Crippen LogP contribution in [0.15, 0.2) is 73.1 Å². The van der Waals surface area contributed by atoms with Crippen molar-refractivity contribution in [2.45, 2.75) is 0 Å². The van der Waals surface area contributed by atoms with Gasteiger partial charge in [0.05, 0.1) is 11.1 Å². The van der Waals surface area contributed by atoms with Crippen LogP contribution < -0.4 is 4.90 Å². The molecule has 0 radical (unpaired) electrons. The molecule has 0 spiro atoms. The number of aromatic nitrogens is 2. The lowest BCUT2D eigenvalue weighted by Crippen LogP contribution is -2.49. The average molecular weight is 426 g/mol. The third-order valence-corrected chi connectivity index (χ3v) is 5.99. The fraction of sp³-hybridized carbons (Fsp3) is 0.160. The molecule has 2 aromatic carbocycles. The maximum Gasteiger partial charge on any atom is 0.407 e. The molecule has 0 saturated carbocycles. The van der Waals surface area contributed by atoms with Crippen LogP contribution in [0.3, 0.4) is 0 Å². The molecule has 0 aliphatic carbocycles. The van der Waals surface area contributed by atoms with E-state index in [-0.39, 0.29) is 0 Å². The van der Waals surface area contributed by atoms with E-state index >= 15 is 0 Å². The summed E-state index contributed by atoms with van der Waals surface area (Å²) < 4.78 is 2.10. The lowest BCUT2D eigenvalue weighted by molar-refractivity contribution is 0.112. The third kappa shape index (κ3) is 3.37. The second kappa shape index (κ2) is 8.19. The first kappa shape index (κ1) is 19.8. The summed E-state index contributed by atoms with van der Waals surface area (Å²) in [5.74, 6) is 0.808. The molecule has 0 atom stereocenters. The Morgan fingerprint density at radius 3 is 2.19 bits per heavy atom. The van der Waals surface area contributed by atoms with E-state index in [9.17, 15) is 14.7 Å². The van der Waals surface area contributed by atoms with Gasteiger partial charge in [-0.1, -0.05) is 30.3 Å². The van der Waals surface area contributed by atoms with Crippen molar-refractivity contribution in [3.63, 3.8) is 0 Å². The summed E-state index contributed by atoms with van der Waals surface area (Å²) in [6.45, 7) is 1.85. The monoisotopic (exact) mass is 426 g/mol. The second-order valence-corrected chi connectivity index (χ2v) is 7.75. The van der Waals surface area contributed by atoms with E-state index in [0.29, 0.717) is 31.7 Å². The number of benzene rings is 2. The van der Waals surface area contributed by atoms with E-state index in [2.05, 4.69) is 26.6 Å². The number of nitrogens with zero attached hydrogens (tertiary/aromatic N) is 4. The lowest BCUT2D eigenvalue weighted by Gasteiger charge is -2.35. The average Bonchev–Trinajstić information content (AvgIpc) is 3.19. The molecule has 7 heteroatoms. The van der Waals surface area contributed by atoms with Gasteiger partial charge in [-0.25, -0.2) is 4.79 Å². The van der Waals surface area contributed by atoms with E-state index in [4.69, 9.17) is 0 Å². The van der Waals surface area contributed by atoms with Crippen LogP contribution in [-0.4, -0.2) is 58.1 Å². The molecule has 1 fully saturated rings. The zero-order chi connectivity index (χ0) is 22.1. The van der Waals surface area contributed by atoms with Gasteiger partial charge in [-0.05, 0) is 41.5 Å². The van der Waals surface area contributed by atoms with Gasteiger partial charge in [-0.15, -0.1) is 0 Å². The first-order valence-corrected chi connectivity index (χ1v) is 10.5. The van der Waals surface area contributed by atoms with Crippen molar-refractivity contribution in [1.29, 1.82) is 0 Å². The van der Waals surface area contributed by atoms with Crippen molar-refractivity contribution in [3.05, 3.63) is 78.6 Å². The van der Waals surface area contributed by atoms with Crippen LogP contribution in [-0.2, 0) is 0 Å². The van der Waals surface area contributed by atoms with Gasteiger partial charge in [0.15, 0.2) is 6.29 Å². The van der Waals surface area contributed by atoms with E-state index < -0.39 is 6.09 Å². The van der Waals surface area contributed by atoms with E-state index in [1.807, 2.05) is 48.5 Å². The number of hydrogen-bond donors (Lipinski definition) is 1. The van der Waals surface area contributed by atoms with Gasteiger partial charge in [-0.3, -0.25) is 14.3 Å². The number of piperazine rings is 1. The number of pyridine rings is 1. The van der Waals surface area contributed by atoms with Gasteiger partial charge in [0, 0.05) is 49.6 Å². The first-order valence-electron chi connectivity index (χ1n) is 10.5. The highest BCUT2D eigenvalue weighted by molar-refractivity contribution is 6.05. The van der Waals surface area contributed by atoms with E-state index in [1.165, 1.54) is 4.90 Å². The number of aldehydes is 1. The molecular weight excluding hydrogens is 404 g/mol. The van der Waals surface area contributed by atoms with Crippen LogP contribution in [0, 0.1) is 0 Å².